The molecule has 0 amide bonds. The van der Waals surface area contributed by atoms with Gasteiger partial charge in [0.15, 0.2) is 0 Å². The second kappa shape index (κ2) is 2.71. The molecule has 0 saturated heterocycles. The molecule has 2 nitrogen and oxygen atoms in total. The fraction of sp³-hybridized carbons (Fsp3) is 0.100. The molecule has 0 aromatic heterocycles. The van der Waals surface area contributed by atoms with E-state index in [1.165, 1.54) is 0 Å². The third kappa shape index (κ3) is 0.960. The van der Waals surface area contributed by atoms with Crippen molar-refractivity contribution in [2.75, 3.05) is 0 Å². The van der Waals surface area contributed by atoms with Crippen molar-refractivity contribution in [3.63, 3.8) is 0 Å². The molecule has 0 aromatic carbocycles. The molecular formula is C10H7NO. The Balaban J connectivity index is 2.57. The summed E-state index contributed by atoms with van der Waals surface area (Å²) in [7, 11) is 0. The molecule has 1 aliphatic heterocycles. The van der Waals surface area contributed by atoms with Crippen molar-refractivity contribution in [3.05, 3.63) is 36.1 Å². The summed E-state index contributed by atoms with van der Waals surface area (Å²) in [5.74, 6) is 0.850. The molecule has 0 atom stereocenters. The Hall–Kier alpha value is -1.75. The maximum atomic E-state index is 8.54. The van der Waals surface area contributed by atoms with Crippen molar-refractivity contribution < 1.29 is 4.42 Å². The van der Waals surface area contributed by atoms with E-state index in [-0.39, 0.29) is 0 Å². The highest BCUT2D eigenvalue weighted by Gasteiger charge is 2.08. The second-order valence-electron chi connectivity index (χ2n) is 2.58. The highest BCUT2D eigenvalue weighted by Crippen LogP contribution is 2.26. The second-order valence-corrected chi connectivity index (χ2v) is 2.58. The van der Waals surface area contributed by atoms with Crippen LogP contribution in [0, 0.1) is 11.3 Å². The van der Waals surface area contributed by atoms with Crippen LogP contribution in [0.5, 0.6) is 0 Å². The van der Waals surface area contributed by atoms with Gasteiger partial charge in [-0.25, -0.2) is 0 Å². The molecule has 2 rings (SSSR count). The first-order chi connectivity index (χ1) is 5.92. The first-order valence-electron chi connectivity index (χ1n) is 3.74. The number of rotatable bonds is 1. The van der Waals surface area contributed by atoms with Gasteiger partial charge in [0.2, 0.25) is 0 Å². The summed E-state index contributed by atoms with van der Waals surface area (Å²) in [6, 6.07) is 9.75. The van der Waals surface area contributed by atoms with Gasteiger partial charge in [0, 0.05) is 5.56 Å². The van der Waals surface area contributed by atoms with Gasteiger partial charge in [-0.15, -0.1) is 0 Å². The van der Waals surface area contributed by atoms with Crippen LogP contribution in [0.3, 0.4) is 0 Å². The number of nitriles is 1. The highest BCUT2D eigenvalue weighted by molar-refractivity contribution is 5.64. The quantitative estimate of drug-likeness (QED) is 0.637. The van der Waals surface area contributed by atoms with E-state index in [1.54, 1.807) is 6.26 Å². The number of fused-ring (bicyclic) bond motifs is 1. The molecule has 2 aliphatic rings. The summed E-state index contributed by atoms with van der Waals surface area (Å²) in [6.07, 6.45) is 2.06. The first kappa shape index (κ1) is 6.93. The molecule has 0 radical (unpaired) electrons. The molecule has 0 saturated carbocycles. The van der Waals surface area contributed by atoms with E-state index in [0.717, 1.165) is 16.9 Å². The molecule has 12 heavy (non-hydrogen) atoms. The van der Waals surface area contributed by atoms with Crippen LogP contribution in [0.25, 0.3) is 11.3 Å². The van der Waals surface area contributed by atoms with Gasteiger partial charge in [-0.3, -0.25) is 0 Å². The largest absolute Gasteiger partial charge is 0.464 e. The third-order valence-electron chi connectivity index (χ3n) is 1.86. The van der Waals surface area contributed by atoms with Gasteiger partial charge >= 0.3 is 0 Å². The maximum absolute atomic E-state index is 8.54. The van der Waals surface area contributed by atoms with Crippen LogP contribution < -0.4 is 0 Å². The smallest absolute Gasteiger partial charge is 0.134 e. The van der Waals surface area contributed by atoms with Crippen LogP contribution in [0.4, 0.5) is 0 Å². The van der Waals surface area contributed by atoms with Crippen LogP contribution in [0.15, 0.2) is 34.9 Å². The van der Waals surface area contributed by atoms with E-state index in [2.05, 4.69) is 6.07 Å². The first-order valence-corrected chi connectivity index (χ1v) is 3.74. The molecule has 0 N–H and O–H groups in total. The molecule has 0 aromatic rings. The van der Waals surface area contributed by atoms with Crippen molar-refractivity contribution in [2.24, 2.45) is 0 Å². The highest BCUT2D eigenvalue weighted by atomic mass is 16.3. The molecule has 0 fully saturated rings. The predicted octanol–water partition coefficient (Wildman–Crippen LogP) is 2.45. The van der Waals surface area contributed by atoms with Gasteiger partial charge in [0.1, 0.15) is 5.76 Å². The minimum absolute atomic E-state index is 0.441. The summed E-state index contributed by atoms with van der Waals surface area (Å²) in [6.45, 7) is 0. The number of nitrogens with zero attached hydrogens (tertiary/aromatic N) is 1. The van der Waals surface area contributed by atoms with Crippen molar-refractivity contribution >= 4 is 0 Å². The van der Waals surface area contributed by atoms with E-state index >= 15 is 0 Å². The van der Waals surface area contributed by atoms with Crippen LogP contribution in [0.1, 0.15) is 5.56 Å². The molecule has 2 heteroatoms. The van der Waals surface area contributed by atoms with Gasteiger partial charge in [-0.1, -0.05) is 12.1 Å². The number of hydrogen-bond acceptors (Lipinski definition) is 2. The van der Waals surface area contributed by atoms with Crippen LogP contribution in [0.2, 0.25) is 0 Å². The summed E-state index contributed by atoms with van der Waals surface area (Å²) in [5.41, 5.74) is 2.07. The molecule has 0 spiro atoms. The van der Waals surface area contributed by atoms with Crippen LogP contribution in [-0.2, 0) is 6.42 Å². The molecule has 58 valence electrons. The van der Waals surface area contributed by atoms with E-state index < -0.39 is 0 Å². The molecule has 1 heterocycles. The Bertz CT molecular complexity index is 397. The average molecular weight is 157 g/mol. The molecule has 0 bridgehead atoms. The zero-order chi connectivity index (χ0) is 8.39. The Morgan fingerprint density at radius 1 is 1.33 bits per heavy atom. The fourth-order valence-electron chi connectivity index (χ4n) is 1.29. The summed E-state index contributed by atoms with van der Waals surface area (Å²) in [4.78, 5) is 0. The zero-order valence-corrected chi connectivity index (χ0v) is 6.45. The van der Waals surface area contributed by atoms with Gasteiger partial charge in [0.25, 0.3) is 0 Å². The molecule has 1 aliphatic carbocycles. The lowest BCUT2D eigenvalue weighted by atomic mass is 10.1. The number of hydrogen-bond donors (Lipinski definition) is 0. The summed E-state index contributed by atoms with van der Waals surface area (Å²) < 4.78 is 5.23. The average Bonchev–Trinajstić information content (AvgIpc) is 2.53. The van der Waals surface area contributed by atoms with Crippen molar-refractivity contribution in [3.8, 4) is 17.4 Å². The van der Waals surface area contributed by atoms with E-state index in [1.807, 2.05) is 24.3 Å². The normalized spacial score (nSPS) is 9.92. The lowest BCUT2D eigenvalue weighted by Gasteiger charge is -2.01. The Morgan fingerprint density at radius 3 is 3.08 bits per heavy atom. The van der Waals surface area contributed by atoms with Crippen molar-refractivity contribution in [2.45, 2.75) is 6.42 Å². The van der Waals surface area contributed by atoms with Crippen LogP contribution in [-0.4, -0.2) is 0 Å². The monoisotopic (exact) mass is 157 g/mol. The summed E-state index contributed by atoms with van der Waals surface area (Å²) in [5, 5.41) is 8.54. The fourth-order valence-corrected chi connectivity index (χ4v) is 1.29. The minimum Gasteiger partial charge on any atom is -0.464 e. The molecular weight excluding hydrogens is 150 g/mol. The Morgan fingerprint density at radius 2 is 2.25 bits per heavy atom. The zero-order valence-electron chi connectivity index (χ0n) is 6.45. The van der Waals surface area contributed by atoms with Gasteiger partial charge in [-0.05, 0) is 17.7 Å². The lowest BCUT2D eigenvalue weighted by Crippen LogP contribution is -1.85. The Labute approximate surface area is 70.4 Å². The van der Waals surface area contributed by atoms with Crippen molar-refractivity contribution in [1.29, 1.82) is 5.26 Å². The van der Waals surface area contributed by atoms with Gasteiger partial charge < -0.3 is 4.42 Å². The molecule has 0 unspecified atom stereocenters. The van der Waals surface area contributed by atoms with Gasteiger partial charge in [-0.2, -0.15) is 5.26 Å². The minimum atomic E-state index is 0.441. The van der Waals surface area contributed by atoms with Gasteiger partial charge in [0.05, 0.1) is 18.8 Å². The SMILES string of the molecule is N#CCc1ccoc2cccc1-2. The lowest BCUT2D eigenvalue weighted by molar-refractivity contribution is 0.565. The standard InChI is InChI=1S/C10H7NO/c11-6-4-8-5-7-12-10-3-1-2-9(8)10/h1-3,5,7H,4H2. The van der Waals surface area contributed by atoms with E-state index in [9.17, 15) is 0 Å². The Kier molecular flexibility index (Phi) is 1.56. The van der Waals surface area contributed by atoms with E-state index in [4.69, 9.17) is 9.68 Å². The third-order valence-corrected chi connectivity index (χ3v) is 1.86. The van der Waals surface area contributed by atoms with Crippen molar-refractivity contribution in [1.82, 2.24) is 0 Å². The maximum Gasteiger partial charge on any atom is 0.134 e. The predicted molar refractivity (Wildman–Crippen MR) is 44.6 cm³/mol. The van der Waals surface area contributed by atoms with E-state index in [0.29, 0.717) is 6.42 Å². The topological polar surface area (TPSA) is 36.9 Å². The van der Waals surface area contributed by atoms with Crippen LogP contribution >= 0.6 is 0 Å². The summed E-state index contributed by atoms with van der Waals surface area (Å²) >= 11 is 0.